The van der Waals surface area contributed by atoms with E-state index in [-0.39, 0.29) is 24.0 Å². The average molecular weight is 260 g/mol. The molecule has 0 radical (unpaired) electrons. The third-order valence-electron chi connectivity index (χ3n) is 2.01. The Morgan fingerprint density at radius 3 is 2.39 bits per heavy atom. The fourth-order valence-electron chi connectivity index (χ4n) is 1.06. The van der Waals surface area contributed by atoms with Gasteiger partial charge in [-0.05, 0) is 27.7 Å². The smallest absolute Gasteiger partial charge is 0.246 e. The first-order valence-corrected chi connectivity index (χ1v) is 5.96. The Morgan fingerprint density at radius 2 is 1.89 bits per heavy atom. The van der Waals surface area contributed by atoms with Crippen molar-refractivity contribution in [2.45, 2.75) is 39.3 Å². The molecule has 18 heavy (non-hydrogen) atoms. The zero-order chi connectivity index (χ0) is 14.2. The normalized spacial score (nSPS) is 12.9. The van der Waals surface area contributed by atoms with Crippen LogP contribution in [0.2, 0.25) is 0 Å². The molecule has 0 saturated carbocycles. The van der Waals surface area contributed by atoms with Gasteiger partial charge in [0.1, 0.15) is 12.6 Å². The van der Waals surface area contributed by atoms with Gasteiger partial charge in [0.15, 0.2) is 0 Å². The highest BCUT2D eigenvalue weighted by Gasteiger charge is 2.17. The number of hydrogen-bond acceptors (Lipinski definition) is 4. The molecule has 0 aromatic carbocycles. The summed E-state index contributed by atoms with van der Waals surface area (Å²) in [4.78, 5) is 23.0. The first-order chi connectivity index (χ1) is 8.26. The molecule has 1 atom stereocenters. The number of carbonyl (C=O) groups excluding carboxylic acids is 2. The fourth-order valence-corrected chi connectivity index (χ4v) is 1.06. The number of amides is 2. The van der Waals surface area contributed by atoms with Crippen LogP contribution in [0.4, 0.5) is 0 Å². The summed E-state index contributed by atoms with van der Waals surface area (Å²) in [6.45, 7) is 8.02. The lowest BCUT2D eigenvalue weighted by molar-refractivity contribution is -0.134. The summed E-state index contributed by atoms with van der Waals surface area (Å²) in [6.07, 6.45) is 0. The number of nitrogens with one attached hydrogen (secondary N) is 2. The minimum absolute atomic E-state index is 0.0564. The highest BCUT2D eigenvalue weighted by atomic mass is 16.5. The third-order valence-corrected chi connectivity index (χ3v) is 2.01. The van der Waals surface area contributed by atoms with Gasteiger partial charge in [0.2, 0.25) is 11.8 Å². The van der Waals surface area contributed by atoms with Crippen molar-refractivity contribution >= 4 is 11.8 Å². The SMILES string of the molecule is COCCNC(=O)C(C)NC(=O)COC(C)(C)C. The lowest BCUT2D eigenvalue weighted by atomic mass is 10.2. The zero-order valence-corrected chi connectivity index (χ0v) is 11.8. The van der Waals surface area contributed by atoms with Crippen LogP contribution >= 0.6 is 0 Å². The van der Waals surface area contributed by atoms with Crippen LogP contribution in [0.1, 0.15) is 27.7 Å². The van der Waals surface area contributed by atoms with Crippen LogP contribution in [0, 0.1) is 0 Å². The van der Waals surface area contributed by atoms with Gasteiger partial charge in [-0.1, -0.05) is 0 Å². The molecule has 2 N–H and O–H groups in total. The van der Waals surface area contributed by atoms with Gasteiger partial charge in [-0.25, -0.2) is 0 Å². The molecule has 0 heterocycles. The number of rotatable bonds is 7. The second kappa shape index (κ2) is 8.05. The van der Waals surface area contributed by atoms with Gasteiger partial charge in [0, 0.05) is 13.7 Å². The van der Waals surface area contributed by atoms with Crippen LogP contribution in [-0.2, 0) is 19.1 Å². The number of ether oxygens (including phenoxy) is 2. The van der Waals surface area contributed by atoms with E-state index >= 15 is 0 Å². The Bertz CT molecular complexity index is 274. The van der Waals surface area contributed by atoms with Crippen molar-refractivity contribution in [3.05, 3.63) is 0 Å². The van der Waals surface area contributed by atoms with Gasteiger partial charge < -0.3 is 20.1 Å². The van der Waals surface area contributed by atoms with E-state index in [1.165, 1.54) is 0 Å². The van der Waals surface area contributed by atoms with Crippen molar-refractivity contribution in [1.29, 1.82) is 0 Å². The molecular formula is C12H24N2O4. The van der Waals surface area contributed by atoms with Crippen molar-refractivity contribution in [2.75, 3.05) is 26.9 Å². The molecule has 0 saturated heterocycles. The van der Waals surface area contributed by atoms with E-state index in [0.717, 1.165) is 0 Å². The molecular weight excluding hydrogens is 236 g/mol. The van der Waals surface area contributed by atoms with Crippen LogP contribution in [0.5, 0.6) is 0 Å². The molecule has 0 aromatic rings. The largest absolute Gasteiger partial charge is 0.383 e. The maximum atomic E-state index is 11.5. The second-order valence-electron chi connectivity index (χ2n) is 4.97. The Labute approximate surface area is 108 Å². The number of carbonyl (C=O) groups is 2. The molecule has 2 amide bonds. The van der Waals surface area contributed by atoms with Crippen LogP contribution in [0.25, 0.3) is 0 Å². The van der Waals surface area contributed by atoms with Crippen LogP contribution in [0.15, 0.2) is 0 Å². The topological polar surface area (TPSA) is 76.7 Å². The van der Waals surface area contributed by atoms with E-state index in [2.05, 4.69) is 10.6 Å². The summed E-state index contributed by atoms with van der Waals surface area (Å²) in [5, 5.41) is 5.20. The molecule has 6 nitrogen and oxygen atoms in total. The molecule has 0 fully saturated rings. The Morgan fingerprint density at radius 1 is 1.28 bits per heavy atom. The van der Waals surface area contributed by atoms with Crippen molar-refractivity contribution in [1.82, 2.24) is 10.6 Å². The molecule has 0 spiro atoms. The van der Waals surface area contributed by atoms with Gasteiger partial charge in [-0.15, -0.1) is 0 Å². The number of hydrogen-bond donors (Lipinski definition) is 2. The van der Waals surface area contributed by atoms with E-state index < -0.39 is 6.04 Å². The van der Waals surface area contributed by atoms with Crippen molar-refractivity contribution < 1.29 is 19.1 Å². The summed E-state index contributed by atoms with van der Waals surface area (Å²) < 4.78 is 10.1. The summed E-state index contributed by atoms with van der Waals surface area (Å²) in [7, 11) is 1.56. The second-order valence-corrected chi connectivity index (χ2v) is 4.97. The van der Waals surface area contributed by atoms with Crippen molar-refractivity contribution in [2.24, 2.45) is 0 Å². The predicted octanol–water partition coefficient (Wildman–Crippen LogP) is 0.0688. The van der Waals surface area contributed by atoms with Crippen LogP contribution in [0.3, 0.4) is 0 Å². The summed E-state index contributed by atoms with van der Waals surface area (Å²) in [5.41, 5.74) is -0.374. The maximum Gasteiger partial charge on any atom is 0.246 e. The summed E-state index contributed by atoms with van der Waals surface area (Å²) >= 11 is 0. The quantitative estimate of drug-likeness (QED) is 0.635. The fraction of sp³-hybridized carbons (Fsp3) is 0.833. The van der Waals surface area contributed by atoms with Crippen molar-refractivity contribution in [3.8, 4) is 0 Å². The van der Waals surface area contributed by atoms with Gasteiger partial charge in [0.05, 0.1) is 12.2 Å². The van der Waals surface area contributed by atoms with Gasteiger partial charge >= 0.3 is 0 Å². The molecule has 0 aliphatic heterocycles. The summed E-state index contributed by atoms with van der Waals surface area (Å²) in [5.74, 6) is -0.546. The van der Waals surface area contributed by atoms with E-state index in [1.807, 2.05) is 20.8 Å². The van der Waals surface area contributed by atoms with E-state index in [4.69, 9.17) is 9.47 Å². The zero-order valence-electron chi connectivity index (χ0n) is 11.8. The molecule has 6 heteroatoms. The molecule has 0 aromatic heterocycles. The highest BCUT2D eigenvalue weighted by Crippen LogP contribution is 2.05. The monoisotopic (exact) mass is 260 g/mol. The maximum absolute atomic E-state index is 11.5. The van der Waals surface area contributed by atoms with E-state index in [9.17, 15) is 9.59 Å². The minimum Gasteiger partial charge on any atom is -0.383 e. The average Bonchev–Trinajstić information content (AvgIpc) is 2.25. The molecule has 0 bridgehead atoms. The first-order valence-electron chi connectivity index (χ1n) is 5.96. The standard InChI is InChI=1S/C12H24N2O4/c1-9(11(16)13-6-7-17-5)14-10(15)8-18-12(2,3)4/h9H,6-8H2,1-5H3,(H,13,16)(H,14,15). The molecule has 106 valence electrons. The minimum atomic E-state index is -0.585. The molecule has 0 rings (SSSR count). The Balaban J connectivity index is 3.88. The lowest BCUT2D eigenvalue weighted by Gasteiger charge is -2.20. The van der Waals surface area contributed by atoms with Gasteiger partial charge in [-0.2, -0.15) is 0 Å². The first kappa shape index (κ1) is 16.9. The third kappa shape index (κ3) is 8.95. The Kier molecular flexibility index (Phi) is 7.54. The summed E-state index contributed by atoms with van der Waals surface area (Å²) in [6, 6.07) is -0.585. The highest BCUT2D eigenvalue weighted by molar-refractivity contribution is 5.87. The van der Waals surface area contributed by atoms with E-state index in [1.54, 1.807) is 14.0 Å². The van der Waals surface area contributed by atoms with E-state index in [0.29, 0.717) is 13.2 Å². The predicted molar refractivity (Wildman–Crippen MR) is 68.2 cm³/mol. The molecule has 0 aliphatic rings. The van der Waals surface area contributed by atoms with Gasteiger partial charge in [0.25, 0.3) is 0 Å². The molecule has 0 aliphatic carbocycles. The van der Waals surface area contributed by atoms with Crippen LogP contribution < -0.4 is 10.6 Å². The number of methoxy groups -OCH3 is 1. The lowest BCUT2D eigenvalue weighted by Crippen LogP contribution is -2.47. The Hall–Kier alpha value is -1.14. The van der Waals surface area contributed by atoms with Gasteiger partial charge in [-0.3, -0.25) is 9.59 Å². The van der Waals surface area contributed by atoms with Crippen LogP contribution in [-0.4, -0.2) is 50.3 Å². The van der Waals surface area contributed by atoms with Crippen molar-refractivity contribution in [3.63, 3.8) is 0 Å². The molecule has 1 unspecified atom stereocenters.